The highest BCUT2D eigenvalue weighted by Crippen LogP contribution is 2.33. The molecule has 180 valence electrons. The number of nitrogens with one attached hydrogen (secondary N) is 2. The number of carbonyl (C=O) groups is 1. The van der Waals surface area contributed by atoms with Crippen LogP contribution < -0.4 is 27.1 Å². The van der Waals surface area contributed by atoms with Gasteiger partial charge in [-0.15, -0.1) is 0 Å². The van der Waals surface area contributed by atoms with Crippen molar-refractivity contribution in [2.75, 3.05) is 12.5 Å². The highest BCUT2D eigenvalue weighted by molar-refractivity contribution is 7.22. The smallest absolute Gasteiger partial charge is 0.333 e. The minimum absolute atomic E-state index is 0.0768. The van der Waals surface area contributed by atoms with Gasteiger partial charge in [0.2, 0.25) is 5.91 Å². The van der Waals surface area contributed by atoms with Crippen molar-refractivity contribution in [3.05, 3.63) is 56.0 Å². The Hall–Kier alpha value is -3.80. The molecule has 4 N–H and O–H groups in total. The number of nitrogens with zero attached hydrogens (tertiary/aromatic N) is 3. The number of fused-ring (bicyclic) bond motifs is 1. The summed E-state index contributed by atoms with van der Waals surface area (Å²) in [6.45, 7) is 4.57. The molecule has 2 heterocycles. The number of benzene rings is 1. The van der Waals surface area contributed by atoms with Crippen LogP contribution >= 0.6 is 11.3 Å². The standard InChI is InChI=1S/C22H25FN6O4S/c1-12-16-18(30)29(22(2,3)20(25)31)21(32)28(19(16)34-17(12)27-26-9-8-24)10-7-13-11-14(23)5-6-15(13)33-4/h5-6,8-9,11,24,27H,7,10H2,1-4H3,(H2,25,31)/b24-8?,26-9-. The number of hydrogen-bond donors (Lipinski definition) is 3. The van der Waals surface area contributed by atoms with Crippen LogP contribution in [0.4, 0.5) is 9.39 Å². The summed E-state index contributed by atoms with van der Waals surface area (Å²) in [4.78, 5) is 39.4. The fraction of sp³-hybridized carbons (Fsp3) is 0.318. The molecule has 0 unspecified atom stereocenters. The second-order valence-corrected chi connectivity index (χ2v) is 9.00. The van der Waals surface area contributed by atoms with Crippen molar-refractivity contribution in [2.24, 2.45) is 10.8 Å². The van der Waals surface area contributed by atoms with Crippen LogP contribution in [0.3, 0.4) is 0 Å². The van der Waals surface area contributed by atoms with Crippen molar-refractivity contribution in [1.82, 2.24) is 9.13 Å². The molecule has 3 aromatic rings. The Kier molecular flexibility index (Phi) is 7.01. The van der Waals surface area contributed by atoms with E-state index in [0.29, 0.717) is 26.7 Å². The quantitative estimate of drug-likeness (QED) is 0.312. The van der Waals surface area contributed by atoms with Gasteiger partial charge in [0.15, 0.2) is 0 Å². The predicted molar refractivity (Wildman–Crippen MR) is 131 cm³/mol. The molecule has 0 saturated heterocycles. The summed E-state index contributed by atoms with van der Waals surface area (Å²) >= 11 is 1.13. The summed E-state index contributed by atoms with van der Waals surface area (Å²) in [7, 11) is 1.46. The van der Waals surface area contributed by atoms with Crippen molar-refractivity contribution < 1.29 is 13.9 Å². The summed E-state index contributed by atoms with van der Waals surface area (Å²) in [6.07, 6.45) is 2.43. The maximum atomic E-state index is 13.9. The zero-order valence-electron chi connectivity index (χ0n) is 19.1. The third-order valence-electron chi connectivity index (χ3n) is 5.54. The number of halogens is 1. The number of thiophene rings is 1. The minimum Gasteiger partial charge on any atom is -0.496 e. The molecule has 2 aromatic heterocycles. The molecular weight excluding hydrogens is 463 g/mol. The minimum atomic E-state index is -1.60. The van der Waals surface area contributed by atoms with Crippen LogP contribution in [-0.4, -0.2) is 34.6 Å². The van der Waals surface area contributed by atoms with Gasteiger partial charge < -0.3 is 15.9 Å². The normalized spacial score (nSPS) is 11.8. The summed E-state index contributed by atoms with van der Waals surface area (Å²) in [6, 6.07) is 4.10. The molecule has 1 amide bonds. The van der Waals surface area contributed by atoms with Gasteiger partial charge in [0, 0.05) is 18.3 Å². The number of anilines is 1. The van der Waals surface area contributed by atoms with E-state index >= 15 is 0 Å². The Morgan fingerprint density at radius 3 is 2.71 bits per heavy atom. The number of aromatic nitrogens is 2. The lowest BCUT2D eigenvalue weighted by Gasteiger charge is -2.24. The number of aryl methyl sites for hydroxylation is 3. The molecule has 0 fully saturated rings. The predicted octanol–water partition coefficient (Wildman–Crippen LogP) is 2.19. The Balaban J connectivity index is 2.27. The Bertz CT molecular complexity index is 1420. The van der Waals surface area contributed by atoms with Crippen molar-refractivity contribution >= 4 is 44.9 Å². The van der Waals surface area contributed by atoms with Gasteiger partial charge in [0.05, 0.1) is 18.7 Å². The van der Waals surface area contributed by atoms with Crippen LogP contribution in [-0.2, 0) is 23.3 Å². The molecular formula is C22H25FN6O4S. The average Bonchev–Trinajstić information content (AvgIpc) is 3.10. The number of nitrogens with two attached hydrogens (primary N) is 1. The zero-order chi connectivity index (χ0) is 25.2. The summed E-state index contributed by atoms with van der Waals surface area (Å²) < 4.78 is 21.4. The van der Waals surface area contributed by atoms with Gasteiger partial charge in [-0.05, 0) is 51.0 Å². The van der Waals surface area contributed by atoms with E-state index < -0.39 is 28.5 Å². The fourth-order valence-electron chi connectivity index (χ4n) is 3.56. The third-order valence-corrected chi connectivity index (χ3v) is 6.76. The number of ether oxygens (including phenoxy) is 1. The summed E-state index contributed by atoms with van der Waals surface area (Å²) in [5.41, 5.74) is 6.39. The number of amides is 1. The Morgan fingerprint density at radius 1 is 1.38 bits per heavy atom. The van der Waals surface area contributed by atoms with Crippen LogP contribution in [0.15, 0.2) is 32.9 Å². The maximum absolute atomic E-state index is 13.9. The van der Waals surface area contributed by atoms with E-state index in [1.165, 1.54) is 49.9 Å². The van der Waals surface area contributed by atoms with E-state index in [0.717, 1.165) is 22.1 Å². The van der Waals surface area contributed by atoms with Gasteiger partial charge in [-0.1, -0.05) is 11.3 Å². The van der Waals surface area contributed by atoms with Crippen LogP contribution in [0.2, 0.25) is 0 Å². The molecule has 12 heteroatoms. The molecule has 0 spiro atoms. The molecule has 10 nitrogen and oxygen atoms in total. The monoisotopic (exact) mass is 488 g/mol. The number of rotatable bonds is 9. The second kappa shape index (κ2) is 9.59. The van der Waals surface area contributed by atoms with E-state index in [1.54, 1.807) is 6.92 Å². The first-order valence-corrected chi connectivity index (χ1v) is 11.1. The molecule has 0 aliphatic carbocycles. The first-order chi connectivity index (χ1) is 16.0. The number of methoxy groups -OCH3 is 1. The molecule has 0 saturated carbocycles. The number of carbonyl (C=O) groups excluding carboxylic acids is 1. The SMILES string of the molecule is COc1ccc(F)cc1CCn1c(=O)n(C(C)(C)C(N)=O)c(=O)c2c(C)c(N/N=C\C=N)sc21. The summed E-state index contributed by atoms with van der Waals surface area (Å²) in [5, 5.41) is 11.7. The van der Waals surface area contributed by atoms with E-state index in [4.69, 9.17) is 15.9 Å². The number of hydrogen-bond acceptors (Lipinski definition) is 8. The Morgan fingerprint density at radius 2 is 2.09 bits per heavy atom. The molecule has 0 bridgehead atoms. The second-order valence-electron chi connectivity index (χ2n) is 8.00. The van der Waals surface area contributed by atoms with Crippen molar-refractivity contribution in [2.45, 2.75) is 39.3 Å². The topological polar surface area (TPSA) is 145 Å². The number of hydrazone groups is 1. The van der Waals surface area contributed by atoms with Crippen molar-refractivity contribution in [3.63, 3.8) is 0 Å². The van der Waals surface area contributed by atoms with Gasteiger partial charge >= 0.3 is 5.69 Å². The lowest BCUT2D eigenvalue weighted by Crippen LogP contribution is -2.54. The van der Waals surface area contributed by atoms with Gasteiger partial charge in [-0.25, -0.2) is 13.8 Å². The Labute approximate surface area is 198 Å². The summed E-state index contributed by atoms with van der Waals surface area (Å²) in [5.74, 6) is -0.830. The van der Waals surface area contributed by atoms with E-state index in [1.807, 2.05) is 0 Å². The molecule has 0 atom stereocenters. The lowest BCUT2D eigenvalue weighted by atomic mass is 10.0. The van der Waals surface area contributed by atoms with Crippen molar-refractivity contribution in [3.8, 4) is 5.75 Å². The average molecular weight is 489 g/mol. The van der Waals surface area contributed by atoms with E-state index in [2.05, 4.69) is 10.5 Å². The first kappa shape index (κ1) is 24.8. The fourth-order valence-corrected chi connectivity index (χ4v) is 4.73. The van der Waals surface area contributed by atoms with E-state index in [-0.39, 0.29) is 18.4 Å². The lowest BCUT2D eigenvalue weighted by molar-refractivity contribution is -0.125. The third kappa shape index (κ3) is 4.36. The van der Waals surface area contributed by atoms with Gasteiger partial charge in [0.1, 0.15) is 26.9 Å². The zero-order valence-corrected chi connectivity index (χ0v) is 20.0. The van der Waals surface area contributed by atoms with Gasteiger partial charge in [-0.2, -0.15) is 5.10 Å². The molecule has 0 radical (unpaired) electrons. The van der Waals surface area contributed by atoms with Crippen molar-refractivity contribution in [1.29, 1.82) is 5.41 Å². The molecule has 0 aliphatic rings. The van der Waals surface area contributed by atoms with Crippen LogP contribution in [0.1, 0.15) is 25.0 Å². The van der Waals surface area contributed by atoms with Gasteiger partial charge in [0.25, 0.3) is 5.56 Å². The highest BCUT2D eigenvalue weighted by atomic mass is 32.1. The first-order valence-electron chi connectivity index (χ1n) is 10.2. The highest BCUT2D eigenvalue weighted by Gasteiger charge is 2.33. The van der Waals surface area contributed by atoms with Crippen LogP contribution in [0.5, 0.6) is 5.75 Å². The molecule has 34 heavy (non-hydrogen) atoms. The molecule has 3 rings (SSSR count). The van der Waals surface area contributed by atoms with E-state index in [9.17, 15) is 18.8 Å². The molecule has 1 aromatic carbocycles. The largest absolute Gasteiger partial charge is 0.496 e. The van der Waals surface area contributed by atoms with Gasteiger partial charge in [-0.3, -0.25) is 19.6 Å². The molecule has 0 aliphatic heterocycles. The van der Waals surface area contributed by atoms with Crippen LogP contribution in [0.25, 0.3) is 10.2 Å². The van der Waals surface area contributed by atoms with Crippen LogP contribution in [0, 0.1) is 18.2 Å². The maximum Gasteiger partial charge on any atom is 0.333 e. The number of primary amides is 1.